The van der Waals surface area contributed by atoms with E-state index in [1.807, 2.05) is 31.3 Å². The van der Waals surface area contributed by atoms with Crippen molar-refractivity contribution in [2.75, 3.05) is 0 Å². The lowest BCUT2D eigenvalue weighted by Crippen LogP contribution is -2.43. The van der Waals surface area contributed by atoms with Crippen LogP contribution in [0.15, 0.2) is 47.7 Å². The lowest BCUT2D eigenvalue weighted by Gasteiger charge is -2.39. The van der Waals surface area contributed by atoms with Crippen LogP contribution < -0.4 is 9.38 Å². The molecule has 3 aromatic rings. The number of aromatic amines is 1. The molecule has 1 saturated carbocycles. The van der Waals surface area contributed by atoms with Gasteiger partial charge in [-0.25, -0.2) is 13.9 Å². The molecule has 1 aliphatic heterocycles. The predicted molar refractivity (Wildman–Crippen MR) is 108 cm³/mol. The number of rotatable bonds is 4. The molecule has 142 valence electrons. The molecule has 2 aliphatic rings. The van der Waals surface area contributed by atoms with E-state index in [1.54, 1.807) is 18.4 Å². The molecule has 0 saturated heterocycles. The van der Waals surface area contributed by atoms with Crippen LogP contribution in [-0.2, 0) is 11.0 Å². The number of hydrogen-bond donors (Lipinski definition) is 3. The minimum atomic E-state index is -1.28. The maximum absolute atomic E-state index is 12.5. The highest BCUT2D eigenvalue weighted by Gasteiger charge is 2.38. The molecule has 0 spiro atoms. The molecular weight excluding hydrogens is 375 g/mol. The molecule has 28 heavy (non-hydrogen) atoms. The summed E-state index contributed by atoms with van der Waals surface area (Å²) >= 11 is 0. The van der Waals surface area contributed by atoms with Crippen LogP contribution in [0.25, 0.3) is 16.6 Å². The topological polar surface area (TPSA) is 100 Å². The monoisotopic (exact) mass is 394 g/mol. The first-order valence-electron chi connectivity index (χ1n) is 9.22. The van der Waals surface area contributed by atoms with Gasteiger partial charge in [0.25, 0.3) is 0 Å². The van der Waals surface area contributed by atoms with Crippen LogP contribution in [0, 0.1) is 12.8 Å². The third-order valence-electron chi connectivity index (χ3n) is 5.36. The molecule has 5 rings (SSSR count). The van der Waals surface area contributed by atoms with Crippen molar-refractivity contribution in [1.29, 1.82) is 0 Å². The van der Waals surface area contributed by atoms with Crippen LogP contribution in [0.1, 0.15) is 24.1 Å². The Morgan fingerprint density at radius 3 is 2.93 bits per heavy atom. The molecule has 1 unspecified atom stereocenters. The van der Waals surface area contributed by atoms with E-state index in [2.05, 4.69) is 19.7 Å². The number of allylic oxidation sites excluding steroid dienone is 1. The molecular formula is C19H19BN4O3S. The molecule has 0 radical (unpaired) electrons. The van der Waals surface area contributed by atoms with Gasteiger partial charge in [0.2, 0.25) is 0 Å². The molecule has 9 heteroatoms. The summed E-state index contributed by atoms with van der Waals surface area (Å²) < 4.78 is 21.2. The zero-order valence-electron chi connectivity index (χ0n) is 15.3. The maximum Gasteiger partial charge on any atom is 0.552 e. The summed E-state index contributed by atoms with van der Waals surface area (Å²) in [6.45, 7) is 1.90. The van der Waals surface area contributed by atoms with Crippen molar-refractivity contribution in [3.05, 3.63) is 54.0 Å². The zero-order valence-corrected chi connectivity index (χ0v) is 16.1. The Morgan fingerprint density at radius 2 is 2.14 bits per heavy atom. The average Bonchev–Trinajstić information content (AvgIpc) is 3.12. The van der Waals surface area contributed by atoms with Gasteiger partial charge in [-0.1, -0.05) is 0 Å². The van der Waals surface area contributed by atoms with Crippen LogP contribution in [0.5, 0.6) is 5.75 Å². The summed E-state index contributed by atoms with van der Waals surface area (Å²) in [5.74, 6) is 2.64. The van der Waals surface area contributed by atoms with Crippen molar-refractivity contribution in [1.82, 2.24) is 19.7 Å². The van der Waals surface area contributed by atoms with Crippen molar-refractivity contribution in [3.8, 4) is 5.75 Å². The van der Waals surface area contributed by atoms with Crippen LogP contribution in [0.3, 0.4) is 0 Å². The van der Waals surface area contributed by atoms with Gasteiger partial charge >= 0.3 is 7.12 Å². The van der Waals surface area contributed by atoms with E-state index >= 15 is 0 Å². The summed E-state index contributed by atoms with van der Waals surface area (Å²) in [5, 5.41) is 11.1. The molecule has 0 bridgehead atoms. The lowest BCUT2D eigenvalue weighted by atomic mass is 9.68. The summed E-state index contributed by atoms with van der Waals surface area (Å²) in [4.78, 5) is 12.3. The molecule has 1 fully saturated rings. The highest BCUT2D eigenvalue weighted by atomic mass is 32.2. The zero-order chi connectivity index (χ0) is 19.3. The first-order chi connectivity index (χ1) is 13.6. The Morgan fingerprint density at radius 1 is 1.29 bits per heavy atom. The molecule has 0 amide bonds. The van der Waals surface area contributed by atoms with E-state index in [9.17, 15) is 9.23 Å². The average molecular weight is 394 g/mol. The highest BCUT2D eigenvalue weighted by Crippen LogP contribution is 2.46. The van der Waals surface area contributed by atoms with Crippen molar-refractivity contribution in [2.24, 2.45) is 5.92 Å². The standard InChI is InChI=1S/C19H19BN4O3S/c1-11-2-3-14(9-22-11)28(26)24-13-6-12(7-13)16-8-20(25)27-17-10-23-19-15(18(16)17)4-5-21-19/h2-5,8-10,12-13,24-25H,6-7H2,1H3,(H,21,23). The Balaban J connectivity index is 1.33. The number of H-pyrrole nitrogens is 1. The first kappa shape index (κ1) is 17.6. The highest BCUT2D eigenvalue weighted by molar-refractivity contribution is 7.83. The Labute approximate surface area is 165 Å². The largest absolute Gasteiger partial charge is 0.552 e. The first-order valence-corrected chi connectivity index (χ1v) is 10.4. The molecule has 3 N–H and O–H groups in total. The fraction of sp³-hybridized carbons (Fsp3) is 0.263. The van der Waals surface area contributed by atoms with Gasteiger partial charge in [-0.3, -0.25) is 4.98 Å². The van der Waals surface area contributed by atoms with Crippen molar-refractivity contribution in [2.45, 2.75) is 30.7 Å². The Bertz CT molecular complexity index is 1090. The van der Waals surface area contributed by atoms with Gasteiger partial charge in [-0.05, 0) is 55.4 Å². The molecule has 0 aromatic carbocycles. The second-order valence-corrected chi connectivity index (χ2v) is 8.50. The molecule has 7 nitrogen and oxygen atoms in total. The smallest absolute Gasteiger partial charge is 0.531 e. The van der Waals surface area contributed by atoms with Crippen LogP contribution in [0.2, 0.25) is 0 Å². The number of aryl methyl sites for hydroxylation is 1. The minimum absolute atomic E-state index is 0.153. The Kier molecular flexibility index (Phi) is 4.30. The Hall–Kier alpha value is -2.49. The number of aromatic nitrogens is 3. The van der Waals surface area contributed by atoms with Crippen molar-refractivity contribution in [3.63, 3.8) is 0 Å². The van der Waals surface area contributed by atoms with E-state index in [0.29, 0.717) is 10.6 Å². The summed E-state index contributed by atoms with van der Waals surface area (Å²) in [6.07, 6.45) is 6.84. The van der Waals surface area contributed by atoms with Gasteiger partial charge < -0.3 is 14.7 Å². The van der Waals surface area contributed by atoms with Crippen molar-refractivity contribution < 1.29 is 13.9 Å². The molecule has 1 aliphatic carbocycles. The van der Waals surface area contributed by atoms with E-state index in [-0.39, 0.29) is 12.0 Å². The van der Waals surface area contributed by atoms with Crippen LogP contribution >= 0.6 is 0 Å². The maximum atomic E-state index is 12.5. The van der Waals surface area contributed by atoms with Gasteiger partial charge in [0.15, 0.2) is 0 Å². The van der Waals surface area contributed by atoms with E-state index in [0.717, 1.165) is 40.7 Å². The normalized spacial score (nSPS) is 22.2. The van der Waals surface area contributed by atoms with E-state index in [4.69, 9.17) is 4.65 Å². The summed E-state index contributed by atoms with van der Waals surface area (Å²) in [5.41, 5.74) is 3.76. The molecule has 1 atom stereocenters. The van der Waals surface area contributed by atoms with Gasteiger partial charge in [-0.15, -0.1) is 0 Å². The molecule has 4 heterocycles. The molecule has 3 aromatic heterocycles. The van der Waals surface area contributed by atoms with Gasteiger partial charge in [0, 0.05) is 35.1 Å². The van der Waals surface area contributed by atoms with Gasteiger partial charge in [-0.2, -0.15) is 0 Å². The van der Waals surface area contributed by atoms with E-state index in [1.165, 1.54) is 0 Å². The number of fused-ring (bicyclic) bond motifs is 3. The van der Waals surface area contributed by atoms with Gasteiger partial charge in [0.1, 0.15) is 22.4 Å². The summed E-state index contributed by atoms with van der Waals surface area (Å²) in [7, 11) is -2.25. The second kappa shape index (κ2) is 6.84. The van der Waals surface area contributed by atoms with Crippen molar-refractivity contribution >= 4 is 34.7 Å². The fourth-order valence-electron chi connectivity index (χ4n) is 3.87. The third kappa shape index (κ3) is 3.05. The third-order valence-corrected chi connectivity index (χ3v) is 6.58. The van der Waals surface area contributed by atoms with Gasteiger partial charge in [0.05, 0.1) is 11.1 Å². The minimum Gasteiger partial charge on any atom is -0.531 e. The number of hydrogen-bond acceptors (Lipinski definition) is 5. The van der Waals surface area contributed by atoms with Crippen LogP contribution in [-0.4, -0.2) is 37.3 Å². The van der Waals surface area contributed by atoms with E-state index < -0.39 is 18.1 Å². The number of nitrogens with zero attached hydrogens (tertiary/aromatic N) is 2. The second-order valence-electron chi connectivity index (χ2n) is 7.25. The number of nitrogens with one attached hydrogen (secondary N) is 2. The lowest BCUT2D eigenvalue weighted by molar-refractivity contribution is 0.312. The fourth-order valence-corrected chi connectivity index (χ4v) is 4.84. The summed E-state index contributed by atoms with van der Waals surface area (Å²) in [6, 6.07) is 5.83. The SMILES string of the molecule is Cc1ccc(S(=O)NC2CC(C3=CB(O)Oc4cnc5[nH]ccc5c43)C2)cn1. The predicted octanol–water partition coefficient (Wildman–Crippen LogP) is 2.15. The number of pyridine rings is 2. The van der Waals surface area contributed by atoms with Crippen LogP contribution in [0.4, 0.5) is 0 Å². The quantitative estimate of drug-likeness (QED) is 0.589.